The average molecular weight is 367 g/mol. The number of anilines is 1. The van der Waals surface area contributed by atoms with E-state index in [1.165, 1.54) is 23.1 Å². The van der Waals surface area contributed by atoms with E-state index in [0.717, 1.165) is 21.0 Å². The van der Waals surface area contributed by atoms with Crippen molar-refractivity contribution in [1.82, 2.24) is 0 Å². The van der Waals surface area contributed by atoms with E-state index in [0.29, 0.717) is 12.2 Å². The Morgan fingerprint density at radius 2 is 1.80 bits per heavy atom. The van der Waals surface area contributed by atoms with Crippen LogP contribution < -0.4 is 5.32 Å². The highest BCUT2D eigenvalue weighted by atomic mass is 32.2. The van der Waals surface area contributed by atoms with E-state index >= 15 is 0 Å². The molecule has 0 unspecified atom stereocenters. The van der Waals surface area contributed by atoms with Crippen LogP contribution in [0, 0.1) is 0 Å². The lowest BCUT2D eigenvalue weighted by molar-refractivity contribution is -0.115. The van der Waals surface area contributed by atoms with Crippen molar-refractivity contribution in [3.05, 3.63) is 82.6 Å². The van der Waals surface area contributed by atoms with Crippen molar-refractivity contribution in [3.63, 3.8) is 0 Å². The van der Waals surface area contributed by atoms with Crippen LogP contribution in [0.25, 0.3) is 0 Å². The number of hydrogen-bond acceptors (Lipinski definition) is 4. The maximum absolute atomic E-state index is 12.1. The second-order valence-corrected chi connectivity index (χ2v) is 7.42. The summed E-state index contributed by atoms with van der Waals surface area (Å²) in [5, 5.41) is 4.81. The number of thioether (sulfide) groups is 1. The lowest BCUT2D eigenvalue weighted by Gasteiger charge is -2.07. The molecule has 1 heterocycles. The largest absolute Gasteiger partial charge is 0.326 e. The second-order valence-electron chi connectivity index (χ2n) is 5.43. The van der Waals surface area contributed by atoms with Gasteiger partial charge in [-0.25, -0.2) is 0 Å². The number of amides is 1. The van der Waals surface area contributed by atoms with Crippen LogP contribution in [0.15, 0.2) is 77.0 Å². The molecule has 126 valence electrons. The number of benzene rings is 2. The van der Waals surface area contributed by atoms with Gasteiger partial charge in [-0.1, -0.05) is 42.5 Å². The molecule has 0 aliphatic rings. The number of thiophene rings is 1. The predicted molar refractivity (Wildman–Crippen MR) is 105 cm³/mol. The Balaban J connectivity index is 1.56. The van der Waals surface area contributed by atoms with Gasteiger partial charge in [-0.05, 0) is 35.2 Å². The second kappa shape index (κ2) is 8.65. The van der Waals surface area contributed by atoms with Crippen molar-refractivity contribution in [2.45, 2.75) is 11.3 Å². The van der Waals surface area contributed by atoms with E-state index in [-0.39, 0.29) is 11.7 Å². The Labute approximate surface area is 155 Å². The molecule has 0 aliphatic carbocycles. The van der Waals surface area contributed by atoms with Gasteiger partial charge in [-0.3, -0.25) is 9.59 Å². The van der Waals surface area contributed by atoms with Crippen LogP contribution in [0.5, 0.6) is 0 Å². The molecular weight excluding hydrogens is 350 g/mol. The number of Topliss-reactive ketones (excluding diaryl/α,β-unsaturated/α-hetero) is 1. The van der Waals surface area contributed by atoms with Crippen LogP contribution in [0.1, 0.15) is 15.2 Å². The smallest absolute Gasteiger partial charge is 0.228 e. The van der Waals surface area contributed by atoms with Crippen molar-refractivity contribution in [2.24, 2.45) is 0 Å². The summed E-state index contributed by atoms with van der Waals surface area (Å²) < 4.78 is 0. The van der Waals surface area contributed by atoms with Gasteiger partial charge in [-0.15, -0.1) is 23.1 Å². The predicted octanol–water partition coefficient (Wildman–Crippen LogP) is 4.90. The Bertz CT molecular complexity index is 845. The third-order valence-corrected chi connectivity index (χ3v) is 5.40. The van der Waals surface area contributed by atoms with Gasteiger partial charge in [0.2, 0.25) is 5.91 Å². The molecule has 1 aromatic heterocycles. The monoisotopic (exact) mass is 367 g/mol. The fourth-order valence-corrected chi connectivity index (χ4v) is 3.90. The van der Waals surface area contributed by atoms with E-state index in [1.807, 2.05) is 72.1 Å². The molecule has 0 aliphatic heterocycles. The van der Waals surface area contributed by atoms with Crippen LogP contribution in [0.4, 0.5) is 5.69 Å². The molecule has 0 bridgehead atoms. The quantitative estimate of drug-likeness (QED) is 0.477. The highest BCUT2D eigenvalue weighted by Crippen LogP contribution is 2.23. The number of rotatable bonds is 7. The number of carbonyl (C=O) groups excluding carboxylic acids is 2. The van der Waals surface area contributed by atoms with E-state index in [1.54, 1.807) is 0 Å². The fourth-order valence-electron chi connectivity index (χ4n) is 2.31. The molecule has 5 heteroatoms. The van der Waals surface area contributed by atoms with Crippen molar-refractivity contribution in [2.75, 3.05) is 11.1 Å². The zero-order chi connectivity index (χ0) is 17.5. The number of nitrogens with one attached hydrogen (secondary N) is 1. The first kappa shape index (κ1) is 17.5. The first-order valence-corrected chi connectivity index (χ1v) is 9.70. The minimum Gasteiger partial charge on any atom is -0.326 e. The molecule has 1 N–H and O–H groups in total. The van der Waals surface area contributed by atoms with Crippen LogP contribution in [-0.2, 0) is 11.2 Å². The lowest BCUT2D eigenvalue weighted by atomic mass is 10.1. The lowest BCUT2D eigenvalue weighted by Crippen LogP contribution is -2.14. The molecule has 0 atom stereocenters. The van der Waals surface area contributed by atoms with Gasteiger partial charge < -0.3 is 5.32 Å². The number of hydrogen-bond donors (Lipinski definition) is 1. The van der Waals surface area contributed by atoms with Gasteiger partial charge in [0.05, 0.1) is 17.1 Å². The van der Waals surface area contributed by atoms with E-state index in [4.69, 9.17) is 0 Å². The van der Waals surface area contributed by atoms with Crippen LogP contribution in [0.3, 0.4) is 0 Å². The maximum Gasteiger partial charge on any atom is 0.228 e. The van der Waals surface area contributed by atoms with Crippen molar-refractivity contribution in [3.8, 4) is 0 Å². The van der Waals surface area contributed by atoms with Gasteiger partial charge in [0.1, 0.15) is 0 Å². The summed E-state index contributed by atoms with van der Waals surface area (Å²) >= 11 is 2.94. The van der Waals surface area contributed by atoms with Gasteiger partial charge >= 0.3 is 0 Å². The summed E-state index contributed by atoms with van der Waals surface area (Å²) in [5.41, 5.74) is 1.72. The highest BCUT2D eigenvalue weighted by molar-refractivity contribution is 8.00. The Kier molecular flexibility index (Phi) is 6.04. The van der Waals surface area contributed by atoms with Gasteiger partial charge in [0.25, 0.3) is 0 Å². The maximum atomic E-state index is 12.1. The number of ketones is 1. The molecule has 25 heavy (non-hydrogen) atoms. The summed E-state index contributed by atoms with van der Waals surface area (Å²) in [4.78, 5) is 25.9. The fraction of sp³-hybridized carbons (Fsp3) is 0.100. The minimum absolute atomic E-state index is 0.0528. The van der Waals surface area contributed by atoms with E-state index in [9.17, 15) is 9.59 Å². The summed E-state index contributed by atoms with van der Waals surface area (Å²) in [5.74, 6) is 0.462. The molecule has 3 rings (SSSR count). The average Bonchev–Trinajstić information content (AvgIpc) is 3.15. The first-order chi connectivity index (χ1) is 12.2. The molecule has 0 saturated heterocycles. The molecule has 1 amide bonds. The topological polar surface area (TPSA) is 46.2 Å². The molecule has 3 nitrogen and oxygen atoms in total. The van der Waals surface area contributed by atoms with Crippen molar-refractivity contribution in [1.29, 1.82) is 0 Å². The summed E-state index contributed by atoms with van der Waals surface area (Å²) in [6.45, 7) is 0. The molecule has 0 fully saturated rings. The van der Waals surface area contributed by atoms with Gasteiger partial charge in [0, 0.05) is 10.6 Å². The third kappa shape index (κ3) is 5.31. The standard InChI is InChI=1S/C20H17NO2S2/c22-18(19-10-5-11-24-19)14-25-17-9-4-8-16(13-17)21-20(23)12-15-6-2-1-3-7-15/h1-11,13H,12,14H2,(H,21,23). The van der Waals surface area contributed by atoms with Crippen molar-refractivity contribution < 1.29 is 9.59 Å². The molecular formula is C20H17NO2S2. The molecule has 0 radical (unpaired) electrons. The van der Waals surface area contributed by atoms with Gasteiger partial charge in [-0.2, -0.15) is 0 Å². The summed E-state index contributed by atoms with van der Waals surface area (Å²) in [7, 11) is 0. The van der Waals surface area contributed by atoms with Gasteiger partial charge in [0.15, 0.2) is 5.78 Å². The Hall–Kier alpha value is -2.37. The van der Waals surface area contributed by atoms with Crippen LogP contribution in [-0.4, -0.2) is 17.4 Å². The van der Waals surface area contributed by atoms with Crippen molar-refractivity contribution >= 4 is 40.5 Å². The number of carbonyl (C=O) groups is 2. The Morgan fingerprint density at radius 3 is 2.56 bits per heavy atom. The summed E-state index contributed by atoms with van der Waals surface area (Å²) in [6.07, 6.45) is 0.342. The summed E-state index contributed by atoms with van der Waals surface area (Å²) in [6, 6.07) is 20.9. The third-order valence-electron chi connectivity index (χ3n) is 3.49. The molecule has 2 aromatic carbocycles. The van der Waals surface area contributed by atoms with Crippen LogP contribution >= 0.6 is 23.1 Å². The van der Waals surface area contributed by atoms with E-state index in [2.05, 4.69) is 5.32 Å². The minimum atomic E-state index is -0.0528. The molecule has 3 aromatic rings. The highest BCUT2D eigenvalue weighted by Gasteiger charge is 2.08. The zero-order valence-electron chi connectivity index (χ0n) is 13.5. The molecule has 0 spiro atoms. The Morgan fingerprint density at radius 1 is 0.960 bits per heavy atom. The molecule has 0 saturated carbocycles. The first-order valence-electron chi connectivity index (χ1n) is 7.84. The van der Waals surface area contributed by atoms with E-state index < -0.39 is 0 Å². The zero-order valence-corrected chi connectivity index (χ0v) is 15.1. The SMILES string of the molecule is O=C(Cc1ccccc1)Nc1cccc(SCC(=O)c2cccs2)c1. The van der Waals surface area contributed by atoms with Crippen LogP contribution in [0.2, 0.25) is 0 Å². The normalized spacial score (nSPS) is 10.4.